The van der Waals surface area contributed by atoms with Crippen molar-refractivity contribution in [2.45, 2.75) is 215 Å². The van der Waals surface area contributed by atoms with Crippen LogP contribution in [0.5, 0.6) is 0 Å². The van der Waals surface area contributed by atoms with E-state index in [0.29, 0.717) is 54.1 Å². The maximum absolute atomic E-state index is 15.0. The van der Waals surface area contributed by atoms with Crippen molar-refractivity contribution in [3.8, 4) is 0 Å². The van der Waals surface area contributed by atoms with Gasteiger partial charge in [-0.15, -0.1) is 0 Å². The molecule has 15 amide bonds. The number of nitrogens with one attached hydrogen (secondary N) is 16. The molecule has 1 fully saturated rings. The molecule has 3 aromatic carbocycles. The average Bonchev–Trinajstić information content (AvgIpc) is 1.46. The summed E-state index contributed by atoms with van der Waals surface area (Å²) in [6.45, 7) is -1.29. The fourth-order valence-corrected chi connectivity index (χ4v) is 13.8. The molecule has 5 aromatic rings. The van der Waals surface area contributed by atoms with E-state index >= 15 is 9.59 Å². The Kier molecular flexibility index (Phi) is 42.0. The largest absolute Gasteiger partial charge is 0.481 e. The monoisotopic (exact) mass is 1850 g/mol. The lowest BCUT2D eigenvalue weighted by atomic mass is 9.96. The first-order valence-corrected chi connectivity index (χ1v) is 42.0. The molecule has 0 radical (unpaired) electrons. The number of para-hydroxylation sites is 3. The van der Waals surface area contributed by atoms with Gasteiger partial charge in [-0.25, -0.2) is 4.79 Å². The predicted octanol–water partition coefficient (Wildman–Crippen LogP) is -5.26. The number of carboxylic acids is 4. The van der Waals surface area contributed by atoms with Gasteiger partial charge in [-0.2, -0.15) is 0 Å². The van der Waals surface area contributed by atoms with Gasteiger partial charge in [0, 0.05) is 77.7 Å². The van der Waals surface area contributed by atoms with Gasteiger partial charge in [0.2, 0.25) is 88.6 Å². The van der Waals surface area contributed by atoms with E-state index in [2.05, 4.69) is 73.2 Å². The number of rotatable bonds is 40. The Morgan fingerprint density at radius 1 is 0.508 bits per heavy atom. The van der Waals surface area contributed by atoms with Gasteiger partial charge in [0.05, 0.1) is 65.0 Å². The summed E-state index contributed by atoms with van der Waals surface area (Å²) >= 11 is 0. The normalized spacial score (nSPS) is 20.2. The SMILES string of the molecule is COC(=O)CCCCCCCCC(=O)NC(Cc1c[nH]c2ccccc12)C(=O)NC(CC(N)=O)C(=O)NC(CC(=O)O)C(=O)NC1C(=O)NCC(=O)NC(CCCNC(=O)C(N)Cc2c[nH]c3ccccc23)C(=O)NC(CC(=O)O)C(=O)NC(C)C(=O)NC(CC(=O)O)C(=O)NCC(=O)NC(CO)C(=O)NC(C(C)CC(=O)O)C(=O)NC(CC(=O)c2ccccc2N)C(=O)OC1C. The van der Waals surface area contributed by atoms with Gasteiger partial charge < -0.3 is 137 Å². The molecule has 48 heteroatoms. The number of hydrogen-bond donors (Lipinski definition) is 24. The minimum Gasteiger partial charge on any atom is -0.481 e. The molecule has 3 heterocycles. The van der Waals surface area contributed by atoms with Crippen LogP contribution in [0.4, 0.5) is 5.69 Å². The number of aliphatic hydroxyl groups excluding tert-OH is 1. The number of anilines is 1. The highest BCUT2D eigenvalue weighted by molar-refractivity contribution is 6.05. The number of Topliss-reactive ketones (excluding diaryl/α,β-unsaturated/α-hetero) is 1. The Morgan fingerprint density at radius 2 is 1.02 bits per heavy atom. The maximum atomic E-state index is 15.0. The molecule has 14 atom stereocenters. The first-order chi connectivity index (χ1) is 62.6. The van der Waals surface area contributed by atoms with Crippen LogP contribution in [-0.2, 0) is 123 Å². The minimum atomic E-state index is -2.52. The molecule has 1 saturated heterocycles. The number of fused-ring (bicyclic) bond motifs is 2. The highest BCUT2D eigenvalue weighted by Crippen LogP contribution is 2.23. The zero-order valence-corrected chi connectivity index (χ0v) is 72.5. The van der Waals surface area contributed by atoms with Gasteiger partial charge in [0.15, 0.2) is 5.78 Å². The number of cyclic esters (lactones) is 1. The number of ether oxygens (including phenoxy) is 2. The van der Waals surface area contributed by atoms with Crippen molar-refractivity contribution in [2.75, 3.05) is 39.1 Å². The molecule has 14 unspecified atom stereocenters. The predicted molar refractivity (Wildman–Crippen MR) is 461 cm³/mol. The van der Waals surface area contributed by atoms with E-state index in [0.717, 1.165) is 38.1 Å². The molecule has 132 heavy (non-hydrogen) atoms. The number of aliphatic carboxylic acids is 4. The molecule has 6 rings (SSSR count). The van der Waals surface area contributed by atoms with E-state index in [4.69, 9.17) is 21.9 Å². The van der Waals surface area contributed by atoms with E-state index in [-0.39, 0.29) is 55.9 Å². The lowest BCUT2D eigenvalue weighted by molar-refractivity contribution is -0.156. The van der Waals surface area contributed by atoms with E-state index in [1.54, 1.807) is 60.9 Å². The second kappa shape index (κ2) is 52.5. The lowest BCUT2D eigenvalue weighted by Crippen LogP contribution is -2.62. The number of carbonyl (C=O) groups is 22. The molecule has 0 spiro atoms. The van der Waals surface area contributed by atoms with Gasteiger partial charge in [-0.05, 0) is 87.3 Å². The standard InChI is InChI=1S/C84H111N19O29/c1-41(28-66(110)111)71-83(129)101-59(31-61(105)48-20-11-14-21-49(48)85)84(130)132-43(3)72(103-80(126)58(35-69(116)117)100-79(125)55(32-62(87)106)98-78(124)54(30-45-37-90-52-23-16-13-19-47(45)52)95-63(107)25-9-7-5-6-8-10-26-70(118)131-4)82(128)92-39-64(108)94-53(24-17-27-88-74(120)50(86)29-44-36-89-51-22-15-12-18-46(44)51)76(122)99-57(34-68(114)115)77(123)93-42(2)73(119)97-56(33-67(112)113)75(121)91-38-65(109)96-60(40-104)81(127)102-71/h11-16,18-23,36-37,41-43,50,53-60,71-72,89-90,104H,5-10,17,24-35,38-40,85-86H2,1-4H3,(H2,87,106)(H,88,120)(H,91,121)(H,92,128)(H,93,123)(H,94,108)(H,95,107)(H,96,109)(H,97,119)(H,98,124)(H,99,122)(H,100,125)(H,101,129)(H,102,127)(H,103,126)(H,110,111)(H,112,113)(H,114,115)(H,116,117). The Labute approximate surface area is 752 Å². The topological polar surface area (TPSA) is 773 Å². The number of amides is 15. The lowest BCUT2D eigenvalue weighted by Gasteiger charge is -2.30. The van der Waals surface area contributed by atoms with Crippen LogP contribution in [0, 0.1) is 5.92 Å². The Hall–Kier alpha value is -15.0. The number of aromatic nitrogens is 2. The highest BCUT2D eigenvalue weighted by Gasteiger charge is 2.42. The number of esters is 2. The van der Waals surface area contributed by atoms with Gasteiger partial charge >= 0.3 is 35.8 Å². The van der Waals surface area contributed by atoms with Crippen LogP contribution in [-0.4, -0.2) is 278 Å². The van der Waals surface area contributed by atoms with Gasteiger partial charge in [-0.1, -0.05) is 81.1 Å². The molecular weight excluding hydrogens is 1740 g/mol. The number of aliphatic hydroxyl groups is 1. The summed E-state index contributed by atoms with van der Waals surface area (Å²) in [4.78, 5) is 308. The quantitative estimate of drug-likeness (QED) is 0.00754. The second-order valence-corrected chi connectivity index (χ2v) is 31.2. The minimum absolute atomic E-state index is 0.0159. The first kappa shape index (κ1) is 106. The number of nitrogen functional groups attached to an aromatic ring is 1. The summed E-state index contributed by atoms with van der Waals surface area (Å²) in [5.41, 5.74) is 20.0. The smallest absolute Gasteiger partial charge is 0.329 e. The molecule has 716 valence electrons. The van der Waals surface area contributed by atoms with Crippen molar-refractivity contribution >= 4 is 158 Å². The van der Waals surface area contributed by atoms with Crippen molar-refractivity contribution in [3.05, 3.63) is 102 Å². The number of primary amides is 1. The van der Waals surface area contributed by atoms with Crippen molar-refractivity contribution in [1.29, 1.82) is 0 Å². The van der Waals surface area contributed by atoms with E-state index in [9.17, 15) is 121 Å². The molecule has 1 aliphatic rings. The number of nitrogens with two attached hydrogens (primary N) is 3. The summed E-state index contributed by atoms with van der Waals surface area (Å²) in [7, 11) is 1.28. The Bertz CT molecular complexity index is 5050. The summed E-state index contributed by atoms with van der Waals surface area (Å²) in [5.74, 6) is -31.7. The van der Waals surface area contributed by atoms with E-state index in [1.165, 1.54) is 31.4 Å². The van der Waals surface area contributed by atoms with Crippen molar-refractivity contribution < 1.29 is 140 Å². The van der Waals surface area contributed by atoms with Gasteiger partial charge in [-0.3, -0.25) is 101 Å². The van der Waals surface area contributed by atoms with Crippen molar-refractivity contribution in [3.63, 3.8) is 0 Å². The molecule has 2 aromatic heterocycles. The van der Waals surface area contributed by atoms with Crippen LogP contribution in [0.1, 0.15) is 145 Å². The summed E-state index contributed by atoms with van der Waals surface area (Å²) in [6, 6.07) is -5.50. The zero-order valence-electron chi connectivity index (χ0n) is 72.5. The average molecular weight is 1850 g/mol. The summed E-state index contributed by atoms with van der Waals surface area (Å²) in [6.07, 6.45) is -3.68. The molecular formula is C84H111N19O29. The fraction of sp³-hybridized carbons (Fsp3) is 0.476. The van der Waals surface area contributed by atoms with Crippen LogP contribution >= 0.6 is 0 Å². The van der Waals surface area contributed by atoms with Crippen LogP contribution in [0.15, 0.2) is 85.2 Å². The maximum Gasteiger partial charge on any atom is 0.329 e. The van der Waals surface area contributed by atoms with Crippen LogP contribution in [0.3, 0.4) is 0 Å². The molecule has 0 bridgehead atoms. The fourth-order valence-electron chi connectivity index (χ4n) is 13.8. The number of H-pyrrole nitrogens is 2. The Morgan fingerprint density at radius 3 is 1.59 bits per heavy atom. The van der Waals surface area contributed by atoms with Crippen LogP contribution < -0.4 is 91.6 Å². The molecule has 0 aliphatic carbocycles. The molecule has 1 aliphatic heterocycles. The number of carboxylic acid groups (broad SMARTS) is 4. The van der Waals surface area contributed by atoms with Crippen molar-refractivity contribution in [2.24, 2.45) is 17.4 Å². The number of aromatic amines is 2. The number of benzene rings is 3. The highest BCUT2D eigenvalue weighted by atomic mass is 16.5. The molecule has 48 nitrogen and oxygen atoms in total. The first-order valence-electron chi connectivity index (χ1n) is 42.0. The molecule has 0 saturated carbocycles. The number of ketones is 1. The number of carbonyl (C=O) groups excluding carboxylic acids is 18. The summed E-state index contributed by atoms with van der Waals surface area (Å²) in [5, 5.41) is 82.6. The van der Waals surface area contributed by atoms with Crippen LogP contribution in [0.2, 0.25) is 0 Å². The number of methoxy groups -OCH3 is 1. The van der Waals surface area contributed by atoms with Gasteiger partial charge in [0.1, 0.15) is 72.6 Å². The number of unbranched alkanes of at least 4 members (excludes halogenated alkanes) is 5. The zero-order chi connectivity index (χ0) is 97.6. The third-order valence-electron chi connectivity index (χ3n) is 20.8. The van der Waals surface area contributed by atoms with Gasteiger partial charge in [0.25, 0.3) is 0 Å². The Balaban J connectivity index is 1.42. The van der Waals surface area contributed by atoms with E-state index in [1.807, 2.05) is 16.0 Å². The molecule has 27 N–H and O–H groups in total. The summed E-state index contributed by atoms with van der Waals surface area (Å²) < 4.78 is 10.4. The van der Waals surface area contributed by atoms with Crippen LogP contribution in [0.25, 0.3) is 21.8 Å². The second-order valence-electron chi connectivity index (χ2n) is 31.2. The third kappa shape index (κ3) is 34.5. The van der Waals surface area contributed by atoms with Crippen molar-refractivity contribution in [1.82, 2.24) is 84.4 Å². The third-order valence-corrected chi connectivity index (χ3v) is 20.8. The van der Waals surface area contributed by atoms with E-state index < -0.39 is 273 Å². The number of hydrogen-bond acceptors (Lipinski definition) is 27.